The third-order valence-corrected chi connectivity index (χ3v) is 16.1. The molecule has 16 unspecified atom stereocenters. The monoisotopic (exact) mass is 1220 g/mol. The normalized spacial score (nSPS) is 22.0. The van der Waals surface area contributed by atoms with Crippen molar-refractivity contribution in [3.63, 3.8) is 0 Å². The van der Waals surface area contributed by atoms with Gasteiger partial charge in [-0.05, 0) is 101 Å². The molecule has 0 aromatic rings. The molecule has 7 amide bonds. The molecule has 85 heavy (non-hydrogen) atoms. The molecule has 0 radical (unpaired) electrons. The second-order valence-electron chi connectivity index (χ2n) is 24.4. The summed E-state index contributed by atoms with van der Waals surface area (Å²) in [4.78, 5) is 89.5. The van der Waals surface area contributed by atoms with E-state index in [1.807, 2.05) is 34.6 Å². The van der Waals surface area contributed by atoms with Crippen LogP contribution in [0.5, 0.6) is 0 Å². The maximum Gasteiger partial charge on any atom is 0.222 e. The van der Waals surface area contributed by atoms with Crippen LogP contribution in [-0.4, -0.2) is 206 Å². The van der Waals surface area contributed by atoms with Gasteiger partial charge in [0.1, 0.15) is 36.5 Å². The van der Waals surface area contributed by atoms with Crippen molar-refractivity contribution >= 4 is 41.4 Å². The van der Waals surface area contributed by atoms with Gasteiger partial charge in [-0.25, -0.2) is 0 Å². The summed E-state index contributed by atoms with van der Waals surface area (Å²) in [5, 5.41) is 83.7. The van der Waals surface area contributed by atoms with Gasteiger partial charge >= 0.3 is 0 Å². The molecular formula is C60H114N8O17. The van der Waals surface area contributed by atoms with Crippen molar-refractivity contribution in [1.82, 2.24) is 42.5 Å². The number of hydrogen-bond donors (Lipinski definition) is 14. The van der Waals surface area contributed by atoms with Gasteiger partial charge in [-0.2, -0.15) is 0 Å². The Kier molecular flexibility index (Phi) is 39.6. The van der Waals surface area contributed by atoms with E-state index in [1.54, 1.807) is 7.05 Å². The molecule has 18 atom stereocenters. The Morgan fingerprint density at radius 3 is 1.48 bits per heavy atom. The molecule has 0 aliphatic carbocycles. The van der Waals surface area contributed by atoms with Crippen LogP contribution < -0.4 is 42.5 Å². The summed E-state index contributed by atoms with van der Waals surface area (Å²) in [5.74, 6) is -1.99. The summed E-state index contributed by atoms with van der Waals surface area (Å²) in [6, 6.07) is -2.01. The molecule has 0 aromatic heterocycles. The summed E-state index contributed by atoms with van der Waals surface area (Å²) >= 11 is 0. The molecule has 0 saturated carbocycles. The zero-order chi connectivity index (χ0) is 64.4. The van der Waals surface area contributed by atoms with Gasteiger partial charge in [-0.15, -0.1) is 0 Å². The number of ether oxygens (including phenoxy) is 4. The molecule has 14 N–H and O–H groups in total. The molecule has 25 heteroatoms. The molecule has 1 rings (SSSR count). The van der Waals surface area contributed by atoms with Gasteiger partial charge in [0, 0.05) is 83.2 Å². The summed E-state index contributed by atoms with van der Waals surface area (Å²) in [5.41, 5.74) is -0.674. The summed E-state index contributed by atoms with van der Waals surface area (Å²) in [6.45, 7) is 22.4. The topological polar surface area (TPSA) is 374 Å². The molecular weight excluding hydrogens is 1100 g/mol. The second-order valence-corrected chi connectivity index (χ2v) is 24.4. The van der Waals surface area contributed by atoms with E-state index in [2.05, 4.69) is 70.2 Å². The number of carbonyl (C=O) groups is 7. The lowest BCUT2D eigenvalue weighted by molar-refractivity contribution is -0.272. The van der Waals surface area contributed by atoms with E-state index in [4.69, 9.17) is 18.9 Å². The van der Waals surface area contributed by atoms with Gasteiger partial charge in [0.25, 0.3) is 0 Å². The number of rotatable bonds is 46. The van der Waals surface area contributed by atoms with Crippen molar-refractivity contribution in [2.45, 2.75) is 221 Å². The summed E-state index contributed by atoms with van der Waals surface area (Å²) < 4.78 is 23.2. The standard InChI is InChI=1S/C60H114N8O17/c1-14-45(25-36(4)27-65-56(80)40(8)23-38(6)34-82-58(47(31-69)67-43(11)73)84-48(32-70)42(10)72)29-63-51(76)18-21-60(61-13,20-17-50(75)62-16-3)22-19-52(77)64-30-46(15-2)26-37(5)28-66-57(81)41(9)24-39(7)35-83-59-53(68-44(12)74)55(79)54(78)49(33-71)85-59/h36-42,45-49,53-55,58-59,61,69-72,78-79H,14-35H2,1-13H3,(H,62,75)(H,63,76)(H,64,77)(H,65,80)(H,66,81)(H,67,73)(H,68,74)/t36?,37?,38?,39?,40?,41?,42-,45?,46?,47+,48?,49?,53?,54?,55?,58?,59?,60?/m1/s1. The lowest BCUT2D eigenvalue weighted by Gasteiger charge is -2.42. The van der Waals surface area contributed by atoms with Crippen LogP contribution in [-0.2, 0) is 52.5 Å². The Morgan fingerprint density at radius 2 is 1.08 bits per heavy atom. The van der Waals surface area contributed by atoms with Gasteiger partial charge in [0.05, 0.1) is 39.1 Å². The number of carbonyl (C=O) groups excluding carboxylic acids is 7. The average Bonchev–Trinajstić information content (AvgIpc) is 3.65. The Hall–Kier alpha value is -4.15. The molecule has 1 aliphatic heterocycles. The highest BCUT2D eigenvalue weighted by atomic mass is 16.7. The van der Waals surface area contributed by atoms with Crippen molar-refractivity contribution in [1.29, 1.82) is 0 Å². The van der Waals surface area contributed by atoms with Crippen LogP contribution in [0, 0.1) is 47.3 Å². The number of aliphatic hydroxyl groups excluding tert-OH is 6. The minimum Gasteiger partial charge on any atom is -0.394 e. The van der Waals surface area contributed by atoms with E-state index in [0.717, 1.165) is 25.7 Å². The zero-order valence-electron chi connectivity index (χ0n) is 53.5. The molecule has 496 valence electrons. The highest BCUT2D eigenvalue weighted by molar-refractivity contribution is 5.79. The molecule has 1 saturated heterocycles. The Bertz CT molecular complexity index is 1940. The first kappa shape index (κ1) is 78.9. The number of nitrogens with one attached hydrogen (secondary N) is 8. The molecule has 0 aromatic carbocycles. The number of aliphatic hydroxyl groups is 6. The first-order chi connectivity index (χ1) is 40.1. The van der Waals surface area contributed by atoms with Crippen molar-refractivity contribution < 1.29 is 83.1 Å². The molecule has 1 aliphatic rings. The van der Waals surface area contributed by atoms with E-state index in [1.165, 1.54) is 20.8 Å². The van der Waals surface area contributed by atoms with Gasteiger partial charge in [0.15, 0.2) is 12.6 Å². The molecule has 0 bridgehead atoms. The number of hydrogen-bond acceptors (Lipinski definition) is 18. The van der Waals surface area contributed by atoms with Crippen LogP contribution in [0.15, 0.2) is 0 Å². The van der Waals surface area contributed by atoms with Crippen molar-refractivity contribution in [2.24, 2.45) is 47.3 Å². The second kappa shape index (κ2) is 42.7. The molecule has 0 spiro atoms. The molecule has 1 heterocycles. The van der Waals surface area contributed by atoms with Gasteiger partial charge in [0.2, 0.25) is 41.4 Å². The minimum absolute atomic E-state index is 0.107. The van der Waals surface area contributed by atoms with Gasteiger partial charge in [-0.3, -0.25) is 33.6 Å². The van der Waals surface area contributed by atoms with E-state index in [9.17, 15) is 64.2 Å². The minimum atomic E-state index is -1.42. The lowest BCUT2D eigenvalue weighted by Crippen LogP contribution is -2.64. The first-order valence-corrected chi connectivity index (χ1v) is 31.1. The highest BCUT2D eigenvalue weighted by Crippen LogP contribution is 2.27. The summed E-state index contributed by atoms with van der Waals surface area (Å²) in [7, 11) is 1.79. The third-order valence-electron chi connectivity index (χ3n) is 16.1. The third kappa shape index (κ3) is 31.6. The van der Waals surface area contributed by atoms with Gasteiger partial charge < -0.3 is 92.1 Å². The quantitative estimate of drug-likeness (QED) is 0.0376. The van der Waals surface area contributed by atoms with E-state index in [-0.39, 0.29) is 109 Å². The SMILES string of the molecule is CCNC(=O)CCC(CCC(=O)NCC(CC)CC(C)CNC(=O)C(C)CC(C)COC1OC(CO)C(O)C(O)C1NC(C)=O)(CCC(=O)NCC(CC)CC(C)CNC(=O)C(C)CC(C)COC(OC(CO)[C@@H](C)O)[C@H](CO)NC(C)=O)NC. The Labute approximate surface area is 506 Å². The van der Waals surface area contributed by atoms with Crippen LogP contribution in [0.2, 0.25) is 0 Å². The van der Waals surface area contributed by atoms with Crippen LogP contribution in [0.25, 0.3) is 0 Å². The summed E-state index contributed by atoms with van der Waals surface area (Å²) in [6.07, 6.45) is -2.44. The van der Waals surface area contributed by atoms with Crippen LogP contribution >= 0.6 is 0 Å². The first-order valence-electron chi connectivity index (χ1n) is 31.1. The lowest BCUT2D eigenvalue weighted by atomic mass is 9.83. The predicted octanol–water partition coefficient (Wildman–Crippen LogP) is 0.874. The van der Waals surface area contributed by atoms with Crippen molar-refractivity contribution in [3.8, 4) is 0 Å². The van der Waals surface area contributed by atoms with E-state index >= 15 is 0 Å². The number of amides is 7. The van der Waals surface area contributed by atoms with E-state index in [0.29, 0.717) is 64.8 Å². The van der Waals surface area contributed by atoms with Crippen LogP contribution in [0.1, 0.15) is 160 Å². The van der Waals surface area contributed by atoms with Crippen molar-refractivity contribution in [3.05, 3.63) is 0 Å². The smallest absolute Gasteiger partial charge is 0.222 e. The molecule has 1 fully saturated rings. The van der Waals surface area contributed by atoms with Crippen LogP contribution in [0.4, 0.5) is 0 Å². The molecule has 25 nitrogen and oxygen atoms in total. The van der Waals surface area contributed by atoms with Crippen molar-refractivity contribution in [2.75, 3.05) is 72.8 Å². The fourth-order valence-electron chi connectivity index (χ4n) is 10.7. The van der Waals surface area contributed by atoms with Crippen LogP contribution in [0.3, 0.4) is 0 Å². The highest BCUT2D eigenvalue weighted by Gasteiger charge is 2.45. The Morgan fingerprint density at radius 1 is 0.600 bits per heavy atom. The maximum atomic E-state index is 13.5. The zero-order valence-corrected chi connectivity index (χ0v) is 53.5. The fraction of sp³-hybridized carbons (Fsp3) is 0.883. The fourth-order valence-corrected chi connectivity index (χ4v) is 10.7. The maximum absolute atomic E-state index is 13.5. The Balaban J connectivity index is 2.71. The van der Waals surface area contributed by atoms with E-state index < -0.39 is 92.4 Å². The predicted molar refractivity (Wildman–Crippen MR) is 321 cm³/mol. The largest absolute Gasteiger partial charge is 0.394 e. The van der Waals surface area contributed by atoms with Gasteiger partial charge in [-0.1, -0.05) is 68.2 Å². The average molecular weight is 1220 g/mol.